The van der Waals surface area contributed by atoms with E-state index in [0.29, 0.717) is 28.8 Å². The van der Waals surface area contributed by atoms with Gasteiger partial charge in [0.05, 0.1) is 0 Å². The van der Waals surface area contributed by atoms with Crippen LogP contribution in [0.1, 0.15) is 38.7 Å². The van der Waals surface area contributed by atoms with Crippen LogP contribution in [0.15, 0.2) is 18.2 Å². The largest absolute Gasteiger partial charge is 0.351 e. The lowest BCUT2D eigenvalue weighted by molar-refractivity contribution is -0.122. The van der Waals surface area contributed by atoms with Crippen molar-refractivity contribution in [3.63, 3.8) is 0 Å². The molecule has 0 aliphatic carbocycles. The molecule has 22 heavy (non-hydrogen) atoms. The van der Waals surface area contributed by atoms with E-state index in [9.17, 15) is 4.79 Å². The fraction of sp³-hybridized carbons (Fsp3) is 0.588. The Bertz CT molecular complexity index is 525. The number of nitrogens with one attached hydrogen (secondary N) is 2. The van der Waals surface area contributed by atoms with Crippen LogP contribution in [0.4, 0.5) is 0 Å². The Kier molecular flexibility index (Phi) is 6.13. The summed E-state index contributed by atoms with van der Waals surface area (Å²) in [5.41, 5.74) is 0.666. The summed E-state index contributed by atoms with van der Waals surface area (Å²) < 4.78 is 0. The Labute approximate surface area is 142 Å². The van der Waals surface area contributed by atoms with Crippen molar-refractivity contribution in [2.45, 2.75) is 45.1 Å². The molecule has 2 N–H and O–H groups in total. The molecule has 1 fully saturated rings. The van der Waals surface area contributed by atoms with Gasteiger partial charge < -0.3 is 10.6 Å². The van der Waals surface area contributed by atoms with Crippen molar-refractivity contribution in [2.24, 2.45) is 5.92 Å². The third-order valence-electron chi connectivity index (χ3n) is 4.07. The average Bonchev–Trinajstić information content (AvgIpc) is 2.92. The predicted octanol–water partition coefficient (Wildman–Crippen LogP) is 3.82. The van der Waals surface area contributed by atoms with E-state index in [2.05, 4.69) is 10.6 Å². The lowest BCUT2D eigenvalue weighted by Gasteiger charge is -2.27. The Balaban J connectivity index is 1.85. The predicted molar refractivity (Wildman–Crippen MR) is 92.6 cm³/mol. The van der Waals surface area contributed by atoms with Gasteiger partial charge in [0, 0.05) is 22.0 Å². The number of carbonyl (C=O) groups is 1. The van der Waals surface area contributed by atoms with E-state index in [0.717, 1.165) is 25.1 Å². The van der Waals surface area contributed by atoms with E-state index < -0.39 is 0 Å². The van der Waals surface area contributed by atoms with Gasteiger partial charge in [0.15, 0.2) is 0 Å². The van der Waals surface area contributed by atoms with Crippen molar-refractivity contribution >= 4 is 29.1 Å². The van der Waals surface area contributed by atoms with Crippen molar-refractivity contribution in [1.29, 1.82) is 0 Å². The number of rotatable bonds is 6. The Morgan fingerprint density at radius 1 is 1.41 bits per heavy atom. The molecule has 1 saturated heterocycles. The molecule has 0 spiro atoms. The highest BCUT2D eigenvalue weighted by atomic mass is 35.5. The molecule has 0 saturated carbocycles. The maximum absolute atomic E-state index is 12.2. The summed E-state index contributed by atoms with van der Waals surface area (Å²) >= 11 is 12.1. The summed E-state index contributed by atoms with van der Waals surface area (Å²) in [6, 6.07) is 5.49. The Hall–Kier alpha value is -0.770. The fourth-order valence-corrected chi connectivity index (χ4v) is 3.40. The SMILES string of the molecule is CC(C)(Cc1ccc(Cl)cc1Cl)NC(=O)CCC1CCNC1. The molecule has 1 aliphatic rings. The van der Waals surface area contributed by atoms with Crippen LogP contribution in [-0.4, -0.2) is 24.5 Å². The van der Waals surface area contributed by atoms with Crippen molar-refractivity contribution in [3.8, 4) is 0 Å². The third kappa shape index (κ3) is 5.45. The first-order chi connectivity index (χ1) is 10.4. The van der Waals surface area contributed by atoms with Gasteiger partial charge in [-0.1, -0.05) is 29.3 Å². The van der Waals surface area contributed by atoms with Crippen LogP contribution in [0, 0.1) is 5.92 Å². The summed E-state index contributed by atoms with van der Waals surface area (Å²) in [5, 5.41) is 7.72. The maximum Gasteiger partial charge on any atom is 0.220 e. The van der Waals surface area contributed by atoms with Crippen LogP contribution in [0.25, 0.3) is 0 Å². The molecule has 1 amide bonds. The zero-order chi connectivity index (χ0) is 16.2. The molecule has 5 heteroatoms. The van der Waals surface area contributed by atoms with Crippen LogP contribution in [-0.2, 0) is 11.2 Å². The minimum Gasteiger partial charge on any atom is -0.351 e. The molecule has 1 aromatic carbocycles. The molecular weight excluding hydrogens is 319 g/mol. The quantitative estimate of drug-likeness (QED) is 0.824. The number of carbonyl (C=O) groups excluding carboxylic acids is 1. The lowest BCUT2D eigenvalue weighted by Crippen LogP contribution is -2.45. The van der Waals surface area contributed by atoms with Gasteiger partial charge in [-0.05, 0) is 69.8 Å². The average molecular weight is 343 g/mol. The van der Waals surface area contributed by atoms with Crippen molar-refractivity contribution < 1.29 is 4.79 Å². The van der Waals surface area contributed by atoms with Gasteiger partial charge in [0.25, 0.3) is 0 Å². The highest BCUT2D eigenvalue weighted by molar-refractivity contribution is 6.35. The molecule has 3 nitrogen and oxygen atoms in total. The van der Waals surface area contributed by atoms with Gasteiger partial charge in [-0.3, -0.25) is 4.79 Å². The Morgan fingerprint density at radius 3 is 2.82 bits per heavy atom. The summed E-state index contributed by atoms with van der Waals surface area (Å²) in [7, 11) is 0. The second-order valence-electron chi connectivity index (χ2n) is 6.74. The van der Waals surface area contributed by atoms with Crippen LogP contribution < -0.4 is 10.6 Å². The molecule has 0 aromatic heterocycles. The molecule has 2 rings (SSSR count). The van der Waals surface area contributed by atoms with Gasteiger partial charge >= 0.3 is 0 Å². The minimum atomic E-state index is -0.331. The van der Waals surface area contributed by atoms with Crippen LogP contribution in [0.5, 0.6) is 0 Å². The monoisotopic (exact) mass is 342 g/mol. The van der Waals surface area contributed by atoms with E-state index >= 15 is 0 Å². The smallest absolute Gasteiger partial charge is 0.220 e. The van der Waals surface area contributed by atoms with Crippen LogP contribution in [0.2, 0.25) is 10.0 Å². The number of halogens is 2. The normalized spacial score (nSPS) is 18.5. The number of hydrogen-bond acceptors (Lipinski definition) is 2. The standard InChI is InChI=1S/C17H24Cl2N2O/c1-17(2,10-13-4-5-14(18)9-15(13)19)21-16(22)6-3-12-7-8-20-11-12/h4-5,9,12,20H,3,6-8,10-11H2,1-2H3,(H,21,22). The van der Waals surface area contributed by atoms with Gasteiger partial charge in [0.1, 0.15) is 0 Å². The minimum absolute atomic E-state index is 0.113. The first-order valence-corrected chi connectivity index (χ1v) is 8.57. The molecule has 122 valence electrons. The summed E-state index contributed by atoms with van der Waals surface area (Å²) in [5.74, 6) is 0.751. The van der Waals surface area contributed by atoms with Crippen LogP contribution >= 0.6 is 23.2 Å². The van der Waals surface area contributed by atoms with Gasteiger partial charge in [-0.2, -0.15) is 0 Å². The molecule has 1 heterocycles. The fourth-order valence-electron chi connectivity index (χ4n) is 2.92. The Morgan fingerprint density at radius 2 is 2.18 bits per heavy atom. The molecular formula is C17H24Cl2N2O. The number of hydrogen-bond donors (Lipinski definition) is 2. The van der Waals surface area contributed by atoms with E-state index in [1.807, 2.05) is 26.0 Å². The molecule has 0 bridgehead atoms. The van der Waals surface area contributed by atoms with Gasteiger partial charge in [-0.15, -0.1) is 0 Å². The second kappa shape index (κ2) is 7.67. The summed E-state index contributed by atoms with van der Waals surface area (Å²) in [6.07, 6.45) is 3.40. The highest BCUT2D eigenvalue weighted by Crippen LogP contribution is 2.25. The topological polar surface area (TPSA) is 41.1 Å². The van der Waals surface area contributed by atoms with Crippen molar-refractivity contribution in [2.75, 3.05) is 13.1 Å². The molecule has 1 atom stereocenters. The van der Waals surface area contributed by atoms with E-state index in [1.54, 1.807) is 6.07 Å². The van der Waals surface area contributed by atoms with Gasteiger partial charge in [0.2, 0.25) is 5.91 Å². The number of amides is 1. The summed E-state index contributed by atoms with van der Waals surface area (Å²) in [4.78, 5) is 12.2. The van der Waals surface area contributed by atoms with Crippen LogP contribution in [0.3, 0.4) is 0 Å². The zero-order valence-electron chi connectivity index (χ0n) is 13.2. The molecule has 1 unspecified atom stereocenters. The zero-order valence-corrected chi connectivity index (χ0v) is 14.7. The second-order valence-corrected chi connectivity index (χ2v) is 7.59. The highest BCUT2D eigenvalue weighted by Gasteiger charge is 2.23. The van der Waals surface area contributed by atoms with E-state index in [-0.39, 0.29) is 11.4 Å². The molecule has 0 radical (unpaired) electrons. The van der Waals surface area contributed by atoms with E-state index in [1.165, 1.54) is 6.42 Å². The lowest BCUT2D eigenvalue weighted by atomic mass is 9.94. The van der Waals surface area contributed by atoms with Gasteiger partial charge in [-0.25, -0.2) is 0 Å². The van der Waals surface area contributed by atoms with E-state index in [4.69, 9.17) is 23.2 Å². The molecule has 1 aromatic rings. The molecule has 1 aliphatic heterocycles. The van der Waals surface area contributed by atoms with Crippen molar-refractivity contribution in [3.05, 3.63) is 33.8 Å². The summed E-state index contributed by atoms with van der Waals surface area (Å²) in [6.45, 7) is 6.16. The first-order valence-electron chi connectivity index (χ1n) is 7.81. The number of benzene rings is 1. The third-order valence-corrected chi connectivity index (χ3v) is 4.65. The maximum atomic E-state index is 12.2. The first kappa shape index (κ1) is 17.6. The van der Waals surface area contributed by atoms with Crippen molar-refractivity contribution in [1.82, 2.24) is 10.6 Å².